The van der Waals surface area contributed by atoms with Gasteiger partial charge in [0.05, 0.1) is 0 Å². The van der Waals surface area contributed by atoms with E-state index in [1.54, 1.807) is 10.8 Å². The predicted molar refractivity (Wildman–Crippen MR) is 192 cm³/mol. The molecule has 38 heavy (non-hydrogen) atoms. The van der Waals surface area contributed by atoms with Crippen LogP contribution in [0.2, 0.25) is 88.6 Å². The van der Waals surface area contributed by atoms with E-state index < -0.39 is 52.0 Å². The standard InChI is InChI=1S/C21H35Si2.2C4H14NSi2.Gd/c1-20(2,3)22(7,8)18-15-19(23(9,10)21(4,5)6)17-14-12-11-13-16(17)18;2*1-6(2)5-7(3)4;/h11-14,18H,1-10H3;2*6-7H,1-4H3;/q3*-1;+3. The number of allylic oxidation sites excluding steroid dienone is 1. The minimum atomic E-state index is -1.58. The number of nitrogens with zero attached hydrogens (tertiary/aromatic N) is 2. The fraction of sp³-hybridized carbons (Fsp3) is 0.724. The molecule has 0 aliphatic heterocycles. The van der Waals surface area contributed by atoms with Crippen molar-refractivity contribution >= 4 is 57.2 Å². The van der Waals surface area contributed by atoms with Gasteiger partial charge in [-0.3, -0.25) is 6.08 Å². The third-order valence-corrected chi connectivity index (χ3v) is 28.9. The molecule has 1 radical (unpaired) electrons. The average molecular weight is 766 g/mol. The summed E-state index contributed by atoms with van der Waals surface area (Å²) >= 11 is 0. The van der Waals surface area contributed by atoms with E-state index in [2.05, 4.69) is 160 Å². The van der Waals surface area contributed by atoms with Gasteiger partial charge in [-0.1, -0.05) is 180 Å². The van der Waals surface area contributed by atoms with Crippen LogP contribution >= 0.6 is 0 Å². The topological polar surface area (TPSA) is 28.2 Å². The molecule has 1 aliphatic rings. The molecular weight excluding hydrogens is 702 g/mol. The third-order valence-electron chi connectivity index (χ3n) is 8.18. The van der Waals surface area contributed by atoms with Crippen LogP contribution in [0.4, 0.5) is 0 Å². The summed E-state index contributed by atoms with van der Waals surface area (Å²) in [5.41, 5.74) is 3.59. The number of rotatable bonds is 6. The molecule has 0 heterocycles. The van der Waals surface area contributed by atoms with E-state index in [1.807, 2.05) is 0 Å². The van der Waals surface area contributed by atoms with Crippen molar-refractivity contribution in [1.29, 1.82) is 0 Å². The minimum absolute atomic E-state index is 0. The molecule has 9 heteroatoms. The van der Waals surface area contributed by atoms with Crippen molar-refractivity contribution in [3.05, 3.63) is 50.8 Å². The maximum Gasteiger partial charge on any atom is 3.00 e. The maximum absolute atomic E-state index is 4.56. The summed E-state index contributed by atoms with van der Waals surface area (Å²) in [7, 11) is -5.25. The van der Waals surface area contributed by atoms with E-state index in [9.17, 15) is 0 Å². The fourth-order valence-electron chi connectivity index (χ4n) is 4.36. The summed E-state index contributed by atoms with van der Waals surface area (Å²) < 4.78 is 9.11. The monoisotopic (exact) mass is 765 g/mol. The average Bonchev–Trinajstić information content (AvgIpc) is 3.06. The van der Waals surface area contributed by atoms with Crippen LogP contribution in [-0.4, -0.2) is 52.0 Å². The molecule has 0 amide bonds. The van der Waals surface area contributed by atoms with E-state index >= 15 is 0 Å². The summed E-state index contributed by atoms with van der Waals surface area (Å²) in [6.07, 6.45) is 4.09. The van der Waals surface area contributed by atoms with E-state index in [0.29, 0.717) is 15.6 Å². The number of hydrogen-bond donors (Lipinski definition) is 0. The van der Waals surface area contributed by atoms with Crippen LogP contribution < -0.4 is 0 Å². The maximum atomic E-state index is 4.56. The van der Waals surface area contributed by atoms with Crippen LogP contribution in [0, 0.1) is 46.0 Å². The zero-order valence-electron chi connectivity index (χ0n) is 28.4. The van der Waals surface area contributed by atoms with Crippen molar-refractivity contribution in [3.63, 3.8) is 0 Å². The Bertz CT molecular complexity index is 827. The van der Waals surface area contributed by atoms with Gasteiger partial charge in [0.1, 0.15) is 0 Å². The summed E-state index contributed by atoms with van der Waals surface area (Å²) in [6.45, 7) is 42.8. The Morgan fingerprint density at radius 1 is 0.658 bits per heavy atom. The zero-order valence-corrected chi connectivity index (χ0v) is 37.3. The van der Waals surface area contributed by atoms with Gasteiger partial charge in [0.25, 0.3) is 0 Å². The molecule has 0 saturated heterocycles. The van der Waals surface area contributed by atoms with Crippen LogP contribution in [0.3, 0.4) is 0 Å². The van der Waals surface area contributed by atoms with Crippen LogP contribution in [0.1, 0.15) is 58.2 Å². The van der Waals surface area contributed by atoms with Gasteiger partial charge < -0.3 is 9.30 Å². The zero-order chi connectivity index (χ0) is 29.6. The van der Waals surface area contributed by atoms with Gasteiger partial charge in [0.2, 0.25) is 0 Å². The summed E-state index contributed by atoms with van der Waals surface area (Å²) in [5.74, 6) is 0. The van der Waals surface area contributed by atoms with Crippen molar-refractivity contribution in [1.82, 2.24) is 0 Å². The van der Waals surface area contributed by atoms with E-state index in [-0.39, 0.29) is 39.9 Å². The largest absolute Gasteiger partial charge is 3.00 e. The first-order valence-corrected chi connectivity index (χ1v) is 32.0. The van der Waals surface area contributed by atoms with Gasteiger partial charge in [-0.25, -0.2) is 5.20 Å². The second-order valence-corrected chi connectivity index (χ2v) is 37.0. The van der Waals surface area contributed by atoms with Gasteiger partial charge in [-0.15, -0.1) is 11.6 Å². The number of hydrogen-bond acceptors (Lipinski definition) is 0. The van der Waals surface area contributed by atoms with E-state index in [1.165, 1.54) is 5.56 Å². The van der Waals surface area contributed by atoms with Gasteiger partial charge in [0.15, 0.2) is 0 Å². The molecule has 1 atom stereocenters. The molecule has 1 aromatic rings. The Kier molecular flexibility index (Phi) is 18.6. The quantitative estimate of drug-likeness (QED) is 0.204. The molecule has 1 aromatic carbocycles. The molecule has 0 N–H and O–H groups in total. The Morgan fingerprint density at radius 3 is 1.32 bits per heavy atom. The van der Waals surface area contributed by atoms with Crippen LogP contribution in [-0.2, 0) is 0 Å². The molecule has 1 aliphatic carbocycles. The normalized spacial score (nSPS) is 15.9. The molecule has 0 bridgehead atoms. The van der Waals surface area contributed by atoms with E-state index in [0.717, 1.165) is 0 Å². The molecule has 1 unspecified atom stereocenters. The van der Waals surface area contributed by atoms with Crippen LogP contribution in [0.25, 0.3) is 14.5 Å². The first-order chi connectivity index (χ1) is 16.5. The Morgan fingerprint density at radius 2 is 1.03 bits per heavy atom. The first-order valence-electron chi connectivity index (χ1n) is 14.6. The second kappa shape index (κ2) is 17.0. The van der Waals surface area contributed by atoms with Crippen molar-refractivity contribution in [2.45, 2.75) is 136 Å². The van der Waals surface area contributed by atoms with Crippen molar-refractivity contribution in [3.8, 4) is 0 Å². The molecule has 0 aromatic heterocycles. The molecule has 0 saturated carbocycles. The minimum Gasteiger partial charge on any atom is -0.672 e. The summed E-state index contributed by atoms with van der Waals surface area (Å²) in [6, 6.07) is 9.15. The SMILES string of the molecule is CC(C)(C)[Si](C)(C)C1=[C-]C([Si](C)(C)C(C)(C)C)c2ccccc21.C[SiH](C)[N-][SiH](C)C.C[SiH](C)[N-][SiH](C)C.[Gd+3]. The molecular formula is C29H63GdN2Si6. The van der Waals surface area contributed by atoms with Gasteiger partial charge in [0, 0.05) is 16.1 Å². The van der Waals surface area contributed by atoms with E-state index in [4.69, 9.17) is 0 Å². The predicted octanol–water partition coefficient (Wildman–Crippen LogP) is 9.72. The van der Waals surface area contributed by atoms with Crippen molar-refractivity contribution < 1.29 is 39.9 Å². The first kappa shape index (κ1) is 41.6. The molecule has 2 rings (SSSR count). The second-order valence-electron chi connectivity index (χ2n) is 15.1. The molecule has 0 fully saturated rings. The summed E-state index contributed by atoms with van der Waals surface area (Å²) in [4.78, 5) is 0. The molecule has 221 valence electrons. The van der Waals surface area contributed by atoms with Gasteiger partial charge in [-0.05, 0) is 10.1 Å². The fourth-order valence-corrected chi connectivity index (χ4v) is 18.6. The Labute approximate surface area is 280 Å². The van der Waals surface area contributed by atoms with Crippen molar-refractivity contribution in [2.75, 3.05) is 0 Å². The third kappa shape index (κ3) is 12.8. The molecule has 0 spiro atoms. The Hall–Kier alpha value is 1.51. The number of fused-ring (bicyclic) bond motifs is 1. The Balaban J connectivity index is 0. The van der Waals surface area contributed by atoms with Crippen molar-refractivity contribution in [2.24, 2.45) is 0 Å². The summed E-state index contributed by atoms with van der Waals surface area (Å²) in [5, 5.41) is 2.31. The van der Waals surface area contributed by atoms with Gasteiger partial charge in [-0.2, -0.15) is 5.56 Å². The molecule has 2 nitrogen and oxygen atoms in total. The smallest absolute Gasteiger partial charge is 0.672 e. The van der Waals surface area contributed by atoms with Crippen LogP contribution in [0.15, 0.2) is 24.3 Å². The number of benzene rings is 1. The van der Waals surface area contributed by atoms with Crippen LogP contribution in [0.5, 0.6) is 0 Å². The van der Waals surface area contributed by atoms with Gasteiger partial charge >= 0.3 is 39.9 Å².